The molecule has 0 fully saturated rings. The van der Waals surface area contributed by atoms with E-state index in [9.17, 15) is 0 Å². The first-order valence-electron chi connectivity index (χ1n) is 35.3. The maximum atomic E-state index is 4.55. The maximum absolute atomic E-state index is 4.55. The maximum Gasteiger partial charge on any atom is 0.0739 e. The molecule has 3 nitrogen and oxygen atoms in total. The van der Waals surface area contributed by atoms with Gasteiger partial charge in [-0.05, 0) is 191 Å². The molecule has 0 amide bonds. The zero-order valence-electron chi connectivity index (χ0n) is 61.8. The molecule has 0 bridgehead atoms. The van der Waals surface area contributed by atoms with Gasteiger partial charge in [0.1, 0.15) is 0 Å². The van der Waals surface area contributed by atoms with Gasteiger partial charge in [0.25, 0.3) is 0 Å². The first-order valence-corrected chi connectivity index (χ1v) is 36.9. The summed E-state index contributed by atoms with van der Waals surface area (Å²) in [5, 5.41) is 9.50. The van der Waals surface area contributed by atoms with Gasteiger partial charge < -0.3 is 0 Å². The van der Waals surface area contributed by atoms with Crippen molar-refractivity contribution >= 4 is 86.3 Å². The van der Waals surface area contributed by atoms with E-state index < -0.39 is 0 Å². The molecule has 496 valence electrons. The van der Waals surface area contributed by atoms with Crippen molar-refractivity contribution in [2.24, 2.45) is 0 Å². The van der Waals surface area contributed by atoms with Crippen LogP contribution in [0.5, 0.6) is 0 Å². The number of thiophene rings is 2. The average Bonchev–Trinajstić information content (AvgIpc) is 1.66. The molecule has 0 aliphatic rings. The third kappa shape index (κ3) is 18.5. The van der Waals surface area contributed by atoms with Gasteiger partial charge in [-0.25, -0.2) is 0 Å². The first kappa shape index (κ1) is 74.3. The van der Waals surface area contributed by atoms with E-state index in [0.29, 0.717) is 71.0 Å². The lowest BCUT2D eigenvalue weighted by Gasteiger charge is -2.17. The van der Waals surface area contributed by atoms with Gasteiger partial charge in [-0.2, -0.15) is 0 Å². The minimum Gasteiger partial charge on any atom is -0.256 e. The van der Waals surface area contributed by atoms with Crippen molar-refractivity contribution in [1.82, 2.24) is 15.0 Å². The SMILES string of the molecule is CC(C)c1cc(C(C)C)c2ccccc2c1.CC(C)c1cc(C(C)C)c2cccnc2c1.CC(C)c1cc(C(C)C)c2ncccc2c1.CC(C)c1ccc2cccnc2c1C(C)C.CC(C)c1sc2ccccc2c1C(C)C.CC(C)c1sc2ccccc2c1C(C)C. The number of hydrogen-bond donors (Lipinski definition) is 0. The molecule has 0 atom stereocenters. The van der Waals surface area contributed by atoms with E-state index >= 15 is 0 Å². The summed E-state index contributed by atoms with van der Waals surface area (Å²) in [7, 11) is 0. The van der Waals surface area contributed by atoms with Crippen LogP contribution in [0.4, 0.5) is 0 Å². The summed E-state index contributed by atoms with van der Waals surface area (Å²) in [6.07, 6.45) is 5.64. The normalized spacial score (nSPS) is 11.7. The van der Waals surface area contributed by atoms with E-state index in [-0.39, 0.29) is 0 Å². The molecule has 5 aromatic heterocycles. The lowest BCUT2D eigenvalue weighted by Crippen LogP contribution is -2.00. The third-order valence-corrected chi connectivity index (χ3v) is 20.9. The first-order chi connectivity index (χ1) is 44.6. The number of hydrogen-bond acceptors (Lipinski definition) is 5. The number of rotatable bonds is 12. The smallest absolute Gasteiger partial charge is 0.0739 e. The van der Waals surface area contributed by atoms with Crippen molar-refractivity contribution in [3.8, 4) is 0 Å². The Morgan fingerprint density at radius 1 is 0.245 bits per heavy atom. The highest BCUT2D eigenvalue weighted by atomic mass is 32.1. The number of nitrogens with zero attached hydrogens (tertiary/aromatic N) is 3. The highest BCUT2D eigenvalue weighted by Gasteiger charge is 2.20. The van der Waals surface area contributed by atoms with Crippen molar-refractivity contribution in [3.05, 3.63) is 242 Å². The number of pyridine rings is 3. The molecule has 0 aliphatic carbocycles. The van der Waals surface area contributed by atoms with Crippen LogP contribution in [-0.4, -0.2) is 15.0 Å². The van der Waals surface area contributed by atoms with Crippen molar-refractivity contribution in [2.45, 2.75) is 237 Å². The molecule has 94 heavy (non-hydrogen) atoms. The van der Waals surface area contributed by atoms with Crippen LogP contribution >= 0.6 is 22.7 Å². The molecule has 0 unspecified atom stereocenters. The monoisotopic (exact) mass is 1290 g/mol. The van der Waals surface area contributed by atoms with Gasteiger partial charge in [-0.15, -0.1) is 22.7 Å². The van der Waals surface area contributed by atoms with Crippen LogP contribution in [0.15, 0.2) is 176 Å². The van der Waals surface area contributed by atoms with E-state index in [4.69, 9.17) is 0 Å². The fraction of sp³-hybridized carbons (Fsp3) is 0.404. The van der Waals surface area contributed by atoms with E-state index in [1.54, 1.807) is 20.9 Å². The van der Waals surface area contributed by atoms with Gasteiger partial charge in [0.15, 0.2) is 0 Å². The molecule has 0 aliphatic heterocycles. The van der Waals surface area contributed by atoms with Crippen molar-refractivity contribution in [1.29, 1.82) is 0 Å². The van der Waals surface area contributed by atoms with Crippen LogP contribution in [0.2, 0.25) is 0 Å². The Morgan fingerprint density at radius 3 is 1.09 bits per heavy atom. The fourth-order valence-electron chi connectivity index (χ4n) is 12.7. The minimum atomic E-state index is 0.524. The van der Waals surface area contributed by atoms with E-state index in [1.165, 1.54) is 97.1 Å². The van der Waals surface area contributed by atoms with Gasteiger partial charge in [-0.1, -0.05) is 281 Å². The fourth-order valence-corrected chi connectivity index (χ4v) is 15.5. The summed E-state index contributed by atoms with van der Waals surface area (Å²) in [5.74, 6) is 7.00. The second-order valence-corrected chi connectivity index (χ2v) is 31.6. The molecule has 0 spiro atoms. The molecule has 0 saturated heterocycles. The summed E-state index contributed by atoms with van der Waals surface area (Å²) < 4.78 is 2.87. The molecular weight excluding hydrogens is 1180 g/mol. The molecule has 0 saturated carbocycles. The van der Waals surface area contributed by atoms with Crippen LogP contribution in [0.3, 0.4) is 0 Å². The van der Waals surface area contributed by atoms with Crippen LogP contribution < -0.4 is 0 Å². The molecule has 12 rings (SSSR count). The quantitative estimate of drug-likeness (QED) is 0.122. The molecule has 0 radical (unpaired) electrons. The summed E-state index contributed by atoms with van der Waals surface area (Å²) in [6.45, 7) is 54.2. The lowest BCUT2D eigenvalue weighted by atomic mass is 9.88. The molecular formula is C89H113N3S2. The van der Waals surface area contributed by atoms with Crippen molar-refractivity contribution < 1.29 is 0 Å². The van der Waals surface area contributed by atoms with Crippen LogP contribution in [0.1, 0.15) is 303 Å². The van der Waals surface area contributed by atoms with Gasteiger partial charge in [-0.3, -0.25) is 15.0 Å². The molecule has 12 aromatic rings. The highest BCUT2D eigenvalue weighted by Crippen LogP contribution is 2.42. The molecule has 7 aromatic carbocycles. The Bertz CT molecular complexity index is 4050. The summed E-state index contributed by atoms with van der Waals surface area (Å²) in [6, 6.07) is 57.0. The zero-order chi connectivity index (χ0) is 68.8. The number of benzene rings is 7. The second-order valence-electron chi connectivity index (χ2n) is 29.4. The Balaban J connectivity index is 0.000000160. The predicted molar refractivity (Wildman–Crippen MR) is 422 cm³/mol. The topological polar surface area (TPSA) is 38.7 Å². The Morgan fingerprint density at radius 2 is 0.617 bits per heavy atom. The van der Waals surface area contributed by atoms with Crippen LogP contribution in [0, 0.1) is 0 Å². The largest absolute Gasteiger partial charge is 0.256 e. The predicted octanol–water partition coefficient (Wildman–Crippen LogP) is 28.8. The van der Waals surface area contributed by atoms with Gasteiger partial charge in [0, 0.05) is 53.9 Å². The van der Waals surface area contributed by atoms with Crippen molar-refractivity contribution in [3.63, 3.8) is 0 Å². The van der Waals surface area contributed by atoms with Gasteiger partial charge in [0.05, 0.1) is 16.6 Å². The summed E-state index contributed by atoms with van der Waals surface area (Å²) in [4.78, 5) is 16.6. The molecule has 5 heteroatoms. The second kappa shape index (κ2) is 34.1. The lowest BCUT2D eigenvalue weighted by molar-refractivity contribution is 0.795. The third-order valence-electron chi connectivity index (χ3n) is 17.9. The Kier molecular flexibility index (Phi) is 26.9. The Labute approximate surface area is 576 Å². The number of aromatic nitrogens is 3. The summed E-state index contributed by atoms with van der Waals surface area (Å²) >= 11 is 3.92. The van der Waals surface area contributed by atoms with E-state index in [2.05, 4.69) is 321 Å². The molecule has 5 heterocycles. The number of fused-ring (bicyclic) bond motifs is 6. The standard InChI is InChI=1S/C16H20.3C15H19N.2C14H18S/c1-11(2)14-9-13-7-5-6-8-15(13)16(10-14)12(3)4;1-10(2)13-8-7-12-6-5-9-16-15(12)14(13)11(3)4;1-10(2)12-8-14(11(3)4)13-6-5-7-16-15(13)9-12;1-10(2)13-8-12-6-5-7-16-15(12)14(9-13)11(3)4;2*1-9(2)13-11-7-5-6-8-12(11)15-14(13)10(3)4/h5-12H,1-4H3;3*5-11H,1-4H3;2*5-10H,1-4H3. The van der Waals surface area contributed by atoms with E-state index in [0.717, 1.165) is 11.0 Å². The zero-order valence-corrected chi connectivity index (χ0v) is 63.5. The van der Waals surface area contributed by atoms with Gasteiger partial charge >= 0.3 is 0 Å². The molecule has 0 N–H and O–H groups in total. The highest BCUT2D eigenvalue weighted by molar-refractivity contribution is 7.19. The van der Waals surface area contributed by atoms with Gasteiger partial charge in [0.2, 0.25) is 0 Å². The minimum absolute atomic E-state index is 0.524. The van der Waals surface area contributed by atoms with Crippen molar-refractivity contribution in [2.75, 3.05) is 0 Å². The average molecular weight is 1290 g/mol. The Hall–Kier alpha value is -7.05. The van der Waals surface area contributed by atoms with Crippen LogP contribution in [-0.2, 0) is 0 Å². The van der Waals surface area contributed by atoms with Crippen LogP contribution in [0.25, 0.3) is 63.7 Å². The van der Waals surface area contributed by atoms with E-state index in [1.807, 2.05) is 59.5 Å². The summed E-state index contributed by atoms with van der Waals surface area (Å²) in [5.41, 5.74) is 17.9.